The summed E-state index contributed by atoms with van der Waals surface area (Å²) in [6.45, 7) is 1.60. The molecule has 10 heteroatoms. The predicted octanol–water partition coefficient (Wildman–Crippen LogP) is 4.12. The lowest BCUT2D eigenvalue weighted by Crippen LogP contribution is -2.16. The van der Waals surface area contributed by atoms with Crippen molar-refractivity contribution in [2.45, 2.75) is 13.3 Å². The maximum absolute atomic E-state index is 13.0. The Bertz CT molecular complexity index is 1170. The molecule has 0 aliphatic heterocycles. The number of para-hydroxylation sites is 1. The molecule has 1 aromatic carbocycles. The van der Waals surface area contributed by atoms with Gasteiger partial charge in [0.2, 0.25) is 5.91 Å². The average molecular weight is 473 g/mol. The minimum atomic E-state index is -0.667. The monoisotopic (exact) mass is 472 g/mol. The van der Waals surface area contributed by atoms with E-state index in [0.717, 1.165) is 16.2 Å². The first kappa shape index (κ1) is 23.2. The first-order chi connectivity index (χ1) is 15.3. The minimum absolute atomic E-state index is 0.114. The smallest absolute Gasteiger partial charge is 0.341 e. The minimum Gasteiger partial charge on any atom is -0.465 e. The molecule has 0 atom stereocenters. The summed E-state index contributed by atoms with van der Waals surface area (Å²) in [5, 5.41) is 7.48. The van der Waals surface area contributed by atoms with Crippen molar-refractivity contribution in [1.29, 1.82) is 0 Å². The summed E-state index contributed by atoms with van der Waals surface area (Å²) in [6, 6.07) is 10.1. The van der Waals surface area contributed by atoms with Crippen LogP contribution in [-0.2, 0) is 20.7 Å². The number of carbonyl (C=O) groups excluding carboxylic acids is 4. The third kappa shape index (κ3) is 5.04. The van der Waals surface area contributed by atoms with Crippen molar-refractivity contribution in [3.8, 4) is 0 Å². The summed E-state index contributed by atoms with van der Waals surface area (Å²) in [5.41, 5.74) is 0.931. The van der Waals surface area contributed by atoms with Gasteiger partial charge >= 0.3 is 11.9 Å². The van der Waals surface area contributed by atoms with Gasteiger partial charge in [0.1, 0.15) is 5.00 Å². The predicted molar refractivity (Wildman–Crippen MR) is 123 cm³/mol. The summed E-state index contributed by atoms with van der Waals surface area (Å²) >= 11 is 2.41. The van der Waals surface area contributed by atoms with Crippen LogP contribution in [0.25, 0.3) is 0 Å². The standard InChI is InChI=1S/C22H20N2O6S2/c1-12-17(22(28)30-3)20(24-16(25)11-13-7-6-10-31-13)32-18(12)19(26)23-15-9-5-4-8-14(15)21(27)29-2/h4-10H,11H2,1-3H3,(H,23,26)(H,24,25). The van der Waals surface area contributed by atoms with Gasteiger partial charge in [-0.3, -0.25) is 9.59 Å². The topological polar surface area (TPSA) is 111 Å². The van der Waals surface area contributed by atoms with E-state index in [1.807, 2.05) is 17.5 Å². The van der Waals surface area contributed by atoms with E-state index in [2.05, 4.69) is 10.6 Å². The molecule has 3 aromatic rings. The van der Waals surface area contributed by atoms with Crippen LogP contribution in [0.5, 0.6) is 0 Å². The van der Waals surface area contributed by atoms with Gasteiger partial charge < -0.3 is 20.1 Å². The van der Waals surface area contributed by atoms with E-state index in [9.17, 15) is 19.2 Å². The molecule has 166 valence electrons. The summed E-state index contributed by atoms with van der Waals surface area (Å²) in [4.78, 5) is 50.9. The molecule has 2 aromatic heterocycles. The Morgan fingerprint density at radius 2 is 1.66 bits per heavy atom. The second-order valence-corrected chi connectivity index (χ2v) is 8.60. The zero-order valence-corrected chi connectivity index (χ0v) is 19.1. The lowest BCUT2D eigenvalue weighted by Gasteiger charge is -2.09. The molecule has 8 nitrogen and oxygen atoms in total. The first-order valence-electron chi connectivity index (χ1n) is 9.38. The Labute approximate surface area is 192 Å². The van der Waals surface area contributed by atoms with Crippen LogP contribution in [0, 0.1) is 6.92 Å². The SMILES string of the molecule is COC(=O)c1ccccc1NC(=O)c1sc(NC(=O)Cc2cccs2)c(C(=O)OC)c1C. The molecule has 0 unspecified atom stereocenters. The van der Waals surface area contributed by atoms with E-state index in [1.54, 1.807) is 25.1 Å². The summed E-state index contributed by atoms with van der Waals surface area (Å²) < 4.78 is 9.60. The number of anilines is 2. The van der Waals surface area contributed by atoms with Crippen LogP contribution < -0.4 is 10.6 Å². The number of thiophene rings is 2. The van der Waals surface area contributed by atoms with E-state index in [1.165, 1.54) is 31.6 Å². The number of benzene rings is 1. The van der Waals surface area contributed by atoms with Gasteiger partial charge in [-0.1, -0.05) is 18.2 Å². The maximum Gasteiger partial charge on any atom is 0.341 e. The molecule has 2 amide bonds. The van der Waals surface area contributed by atoms with Crippen molar-refractivity contribution in [3.63, 3.8) is 0 Å². The molecule has 0 fully saturated rings. The zero-order valence-electron chi connectivity index (χ0n) is 17.5. The third-order valence-corrected chi connectivity index (χ3v) is 6.57. The van der Waals surface area contributed by atoms with Crippen molar-refractivity contribution in [3.05, 3.63) is 68.2 Å². The Morgan fingerprint density at radius 1 is 0.938 bits per heavy atom. The van der Waals surface area contributed by atoms with Crippen LogP contribution in [0.1, 0.15) is 40.8 Å². The van der Waals surface area contributed by atoms with Crippen molar-refractivity contribution < 1.29 is 28.7 Å². The number of carbonyl (C=O) groups is 4. The highest BCUT2D eigenvalue weighted by atomic mass is 32.1. The van der Waals surface area contributed by atoms with E-state index < -0.39 is 17.8 Å². The molecular formula is C22H20N2O6S2. The Morgan fingerprint density at radius 3 is 2.31 bits per heavy atom. The number of ether oxygens (including phenoxy) is 2. The highest BCUT2D eigenvalue weighted by molar-refractivity contribution is 7.19. The molecule has 0 aliphatic rings. The molecular weight excluding hydrogens is 452 g/mol. The van der Waals surface area contributed by atoms with Crippen molar-refractivity contribution in [2.75, 3.05) is 24.9 Å². The average Bonchev–Trinajstić information content (AvgIpc) is 3.40. The van der Waals surface area contributed by atoms with Gasteiger partial charge in [-0.25, -0.2) is 9.59 Å². The molecule has 32 heavy (non-hydrogen) atoms. The number of hydrogen-bond acceptors (Lipinski definition) is 8. The molecule has 0 aliphatic carbocycles. The second kappa shape index (κ2) is 10.2. The van der Waals surface area contributed by atoms with E-state index >= 15 is 0 Å². The number of methoxy groups -OCH3 is 2. The Hall–Kier alpha value is -3.50. The number of amides is 2. The highest BCUT2D eigenvalue weighted by Crippen LogP contribution is 2.34. The maximum atomic E-state index is 13.0. The van der Waals surface area contributed by atoms with E-state index in [-0.39, 0.29) is 39.0 Å². The lowest BCUT2D eigenvalue weighted by molar-refractivity contribution is -0.115. The third-order valence-electron chi connectivity index (χ3n) is 4.49. The number of rotatable bonds is 7. The van der Waals surface area contributed by atoms with Crippen LogP contribution in [0.4, 0.5) is 10.7 Å². The van der Waals surface area contributed by atoms with Crippen LogP contribution in [0.15, 0.2) is 41.8 Å². The molecule has 0 saturated heterocycles. The van der Waals surface area contributed by atoms with Gasteiger partial charge in [0.25, 0.3) is 5.91 Å². The molecule has 0 saturated carbocycles. The molecule has 3 rings (SSSR count). The van der Waals surface area contributed by atoms with E-state index in [4.69, 9.17) is 9.47 Å². The first-order valence-corrected chi connectivity index (χ1v) is 11.1. The Kier molecular flexibility index (Phi) is 7.39. The van der Waals surface area contributed by atoms with Gasteiger partial charge in [0.05, 0.1) is 42.3 Å². The van der Waals surface area contributed by atoms with Gasteiger partial charge in [0, 0.05) is 4.88 Å². The zero-order chi connectivity index (χ0) is 23.3. The van der Waals surface area contributed by atoms with Crippen LogP contribution >= 0.6 is 22.7 Å². The number of esters is 2. The van der Waals surface area contributed by atoms with Crippen LogP contribution in [0.2, 0.25) is 0 Å². The largest absolute Gasteiger partial charge is 0.465 e. The quantitative estimate of drug-likeness (QED) is 0.501. The number of nitrogens with one attached hydrogen (secondary N) is 2. The highest BCUT2D eigenvalue weighted by Gasteiger charge is 2.27. The molecule has 2 heterocycles. The number of hydrogen-bond donors (Lipinski definition) is 2. The summed E-state index contributed by atoms with van der Waals surface area (Å²) in [6.07, 6.45) is 0.142. The summed E-state index contributed by atoms with van der Waals surface area (Å²) in [7, 11) is 2.47. The van der Waals surface area contributed by atoms with Crippen molar-refractivity contribution >= 4 is 57.1 Å². The Balaban J connectivity index is 1.90. The fraction of sp³-hybridized carbons (Fsp3) is 0.182. The van der Waals surface area contributed by atoms with Crippen molar-refractivity contribution in [1.82, 2.24) is 0 Å². The molecule has 0 spiro atoms. The van der Waals surface area contributed by atoms with Crippen LogP contribution in [0.3, 0.4) is 0 Å². The van der Waals surface area contributed by atoms with Gasteiger partial charge in [-0.15, -0.1) is 22.7 Å². The van der Waals surface area contributed by atoms with Gasteiger partial charge in [-0.05, 0) is 36.1 Å². The molecule has 2 N–H and O–H groups in total. The van der Waals surface area contributed by atoms with Crippen molar-refractivity contribution in [2.24, 2.45) is 0 Å². The summed E-state index contributed by atoms with van der Waals surface area (Å²) in [5.74, 6) is -2.12. The fourth-order valence-electron chi connectivity index (χ4n) is 2.97. The molecule has 0 bridgehead atoms. The van der Waals surface area contributed by atoms with Gasteiger partial charge in [0.15, 0.2) is 0 Å². The second-order valence-electron chi connectivity index (χ2n) is 6.55. The molecule has 0 radical (unpaired) electrons. The van der Waals surface area contributed by atoms with E-state index in [0.29, 0.717) is 5.56 Å². The lowest BCUT2D eigenvalue weighted by atomic mass is 10.1. The van der Waals surface area contributed by atoms with Gasteiger partial charge in [-0.2, -0.15) is 0 Å². The fourth-order valence-corrected chi connectivity index (χ4v) is 4.78. The normalized spacial score (nSPS) is 10.3. The van der Waals surface area contributed by atoms with Crippen LogP contribution in [-0.4, -0.2) is 38.0 Å².